The molecule has 0 heterocycles. The zero-order valence-electron chi connectivity index (χ0n) is 16.7. The van der Waals surface area contributed by atoms with Crippen molar-refractivity contribution in [3.05, 3.63) is 28.8 Å². The number of phenols is 1. The van der Waals surface area contributed by atoms with Crippen LogP contribution in [0.15, 0.2) is 12.1 Å². The molecular formula is C20H36ClNO2. The van der Waals surface area contributed by atoms with Gasteiger partial charge in [-0.3, -0.25) is 0 Å². The third kappa shape index (κ3) is 5.11. The van der Waals surface area contributed by atoms with Crippen molar-refractivity contribution in [2.24, 2.45) is 11.1 Å². The maximum atomic E-state index is 10.8. The maximum Gasteiger partial charge on any atom is 0.123 e. The standard InChI is InChI=1S/C20H35NO2.ClH/c1-18(2,3)13-10-12(15(21)17(23)20(7,8)9)11-14(16(13)22)19(4,5)6;/h10-11,15,17,22-23H,21H2,1-9H3;1H/t15-,17-;/m1./s1. The Labute approximate surface area is 154 Å². The Morgan fingerprint density at radius 3 is 1.42 bits per heavy atom. The highest BCUT2D eigenvalue weighted by molar-refractivity contribution is 5.85. The highest BCUT2D eigenvalue weighted by atomic mass is 35.5. The van der Waals surface area contributed by atoms with Gasteiger partial charge in [0.15, 0.2) is 0 Å². The van der Waals surface area contributed by atoms with Crippen LogP contribution in [-0.2, 0) is 10.8 Å². The van der Waals surface area contributed by atoms with Gasteiger partial charge in [0.1, 0.15) is 5.75 Å². The number of rotatable bonds is 2. The van der Waals surface area contributed by atoms with E-state index in [1.54, 1.807) is 0 Å². The zero-order chi connectivity index (χ0) is 18.4. The molecule has 0 fully saturated rings. The van der Waals surface area contributed by atoms with Gasteiger partial charge < -0.3 is 15.9 Å². The predicted octanol–water partition coefficient (Wildman–Crippen LogP) is 4.82. The van der Waals surface area contributed by atoms with Crippen molar-refractivity contribution >= 4 is 12.4 Å². The molecule has 2 atom stereocenters. The van der Waals surface area contributed by atoms with Crippen LogP contribution in [-0.4, -0.2) is 16.3 Å². The van der Waals surface area contributed by atoms with Crippen molar-refractivity contribution < 1.29 is 10.2 Å². The SMILES string of the molecule is CC(C)(C)c1cc([C@@H](N)[C@@H](O)C(C)(C)C)cc(C(C)(C)C)c1O.Cl. The minimum absolute atomic E-state index is 0. The number of benzene rings is 1. The molecule has 24 heavy (non-hydrogen) atoms. The fourth-order valence-electron chi connectivity index (χ4n) is 2.71. The van der Waals surface area contributed by atoms with Crippen LogP contribution in [0.3, 0.4) is 0 Å². The smallest absolute Gasteiger partial charge is 0.123 e. The van der Waals surface area contributed by atoms with E-state index in [-0.39, 0.29) is 28.7 Å². The third-order valence-electron chi connectivity index (χ3n) is 4.36. The Morgan fingerprint density at radius 1 is 0.833 bits per heavy atom. The molecule has 1 aromatic carbocycles. The molecule has 0 saturated carbocycles. The summed E-state index contributed by atoms with van der Waals surface area (Å²) >= 11 is 0. The summed E-state index contributed by atoms with van der Waals surface area (Å²) in [7, 11) is 0. The average Bonchev–Trinajstić information content (AvgIpc) is 2.33. The van der Waals surface area contributed by atoms with Gasteiger partial charge in [0.25, 0.3) is 0 Å². The summed E-state index contributed by atoms with van der Waals surface area (Å²) in [6, 6.07) is 3.41. The van der Waals surface area contributed by atoms with E-state index >= 15 is 0 Å². The largest absolute Gasteiger partial charge is 0.507 e. The summed E-state index contributed by atoms with van der Waals surface area (Å²) in [5.41, 5.74) is 8.28. The molecule has 0 spiro atoms. The number of aliphatic hydroxyl groups excluding tert-OH is 1. The summed E-state index contributed by atoms with van der Waals surface area (Å²) in [6.07, 6.45) is -0.660. The van der Waals surface area contributed by atoms with Crippen molar-refractivity contribution in [2.45, 2.75) is 85.3 Å². The molecule has 0 aliphatic rings. The van der Waals surface area contributed by atoms with Crippen molar-refractivity contribution in [2.75, 3.05) is 0 Å². The second kappa shape index (κ2) is 7.23. The molecule has 0 radical (unpaired) electrons. The first-order valence-corrected chi connectivity index (χ1v) is 8.38. The van der Waals surface area contributed by atoms with Crippen LogP contribution in [0.25, 0.3) is 0 Å². The molecule has 0 aliphatic heterocycles. The van der Waals surface area contributed by atoms with E-state index in [0.29, 0.717) is 5.75 Å². The Balaban J connectivity index is 0.00000529. The van der Waals surface area contributed by atoms with Crippen LogP contribution in [0, 0.1) is 5.41 Å². The lowest BCUT2D eigenvalue weighted by atomic mass is 9.76. The summed E-state index contributed by atoms with van der Waals surface area (Å²) in [4.78, 5) is 0. The second-order valence-corrected chi connectivity index (χ2v) is 9.80. The van der Waals surface area contributed by atoms with E-state index in [1.807, 2.05) is 32.9 Å². The summed E-state index contributed by atoms with van der Waals surface area (Å²) in [6.45, 7) is 18.4. The number of phenolic OH excluding ortho intramolecular Hbond substituents is 1. The van der Waals surface area contributed by atoms with Gasteiger partial charge in [-0.1, -0.05) is 62.3 Å². The molecule has 3 nitrogen and oxygen atoms in total. The molecule has 4 heteroatoms. The molecule has 0 amide bonds. The first-order valence-electron chi connectivity index (χ1n) is 8.38. The topological polar surface area (TPSA) is 66.5 Å². The van der Waals surface area contributed by atoms with Crippen molar-refractivity contribution in [3.8, 4) is 5.75 Å². The van der Waals surface area contributed by atoms with Gasteiger partial charge in [0.2, 0.25) is 0 Å². The number of aromatic hydroxyl groups is 1. The van der Waals surface area contributed by atoms with Gasteiger partial charge in [-0.05, 0) is 45.1 Å². The second-order valence-electron chi connectivity index (χ2n) is 9.80. The number of nitrogens with two attached hydrogens (primary N) is 1. The molecular weight excluding hydrogens is 322 g/mol. The normalized spacial score (nSPS) is 15.6. The zero-order valence-corrected chi connectivity index (χ0v) is 17.5. The van der Waals surface area contributed by atoms with Gasteiger partial charge in [0, 0.05) is 0 Å². The van der Waals surface area contributed by atoms with Crippen LogP contribution in [0.4, 0.5) is 0 Å². The molecule has 0 bridgehead atoms. The Kier molecular flexibility index (Phi) is 7.00. The average molecular weight is 358 g/mol. The highest BCUT2D eigenvalue weighted by Crippen LogP contribution is 2.41. The van der Waals surface area contributed by atoms with Gasteiger partial charge in [-0.2, -0.15) is 0 Å². The first kappa shape index (κ1) is 23.2. The number of hydrogen-bond donors (Lipinski definition) is 3. The first-order chi connectivity index (χ1) is 10.1. The van der Waals surface area contributed by atoms with Gasteiger partial charge in [-0.25, -0.2) is 0 Å². The Bertz CT molecular complexity index is 527. The monoisotopic (exact) mass is 357 g/mol. The number of halogens is 1. The van der Waals surface area contributed by atoms with Crippen molar-refractivity contribution in [1.29, 1.82) is 0 Å². The molecule has 0 saturated heterocycles. The van der Waals surface area contributed by atoms with Crippen LogP contribution < -0.4 is 5.73 Å². The Morgan fingerprint density at radius 2 is 1.17 bits per heavy atom. The molecule has 140 valence electrons. The molecule has 0 aromatic heterocycles. The summed E-state index contributed by atoms with van der Waals surface area (Å²) in [5.74, 6) is 0.339. The fraction of sp³-hybridized carbons (Fsp3) is 0.700. The van der Waals surface area contributed by atoms with Crippen LogP contribution >= 0.6 is 12.4 Å². The van der Waals surface area contributed by atoms with Gasteiger partial charge >= 0.3 is 0 Å². The van der Waals surface area contributed by atoms with Crippen LogP contribution in [0.5, 0.6) is 5.75 Å². The molecule has 0 unspecified atom stereocenters. The van der Waals surface area contributed by atoms with E-state index < -0.39 is 12.1 Å². The summed E-state index contributed by atoms with van der Waals surface area (Å²) < 4.78 is 0. The molecule has 0 aliphatic carbocycles. The van der Waals surface area contributed by atoms with E-state index in [1.165, 1.54) is 0 Å². The lowest BCUT2D eigenvalue weighted by molar-refractivity contribution is 0.0400. The fourth-order valence-corrected chi connectivity index (χ4v) is 2.71. The minimum atomic E-state index is -0.660. The lowest BCUT2D eigenvalue weighted by Gasteiger charge is -2.33. The predicted molar refractivity (Wildman–Crippen MR) is 105 cm³/mol. The van der Waals surface area contributed by atoms with E-state index in [4.69, 9.17) is 5.73 Å². The molecule has 1 rings (SSSR count). The summed E-state index contributed by atoms with van der Waals surface area (Å²) in [5, 5.41) is 21.3. The van der Waals surface area contributed by atoms with Crippen LogP contribution in [0.2, 0.25) is 0 Å². The number of hydrogen-bond acceptors (Lipinski definition) is 3. The van der Waals surface area contributed by atoms with Gasteiger partial charge in [0.05, 0.1) is 12.1 Å². The third-order valence-corrected chi connectivity index (χ3v) is 4.36. The van der Waals surface area contributed by atoms with Crippen LogP contribution in [0.1, 0.15) is 85.0 Å². The molecule has 1 aromatic rings. The Hall–Kier alpha value is -0.770. The van der Waals surface area contributed by atoms with Crippen molar-refractivity contribution in [1.82, 2.24) is 0 Å². The molecule has 4 N–H and O–H groups in total. The highest BCUT2D eigenvalue weighted by Gasteiger charge is 2.32. The van der Waals surface area contributed by atoms with E-state index in [2.05, 4.69) is 41.5 Å². The van der Waals surface area contributed by atoms with Crippen molar-refractivity contribution in [3.63, 3.8) is 0 Å². The maximum absolute atomic E-state index is 10.8. The number of aliphatic hydroxyl groups is 1. The minimum Gasteiger partial charge on any atom is -0.507 e. The quantitative estimate of drug-likeness (QED) is 0.711. The van der Waals surface area contributed by atoms with E-state index in [0.717, 1.165) is 16.7 Å². The van der Waals surface area contributed by atoms with Gasteiger partial charge in [-0.15, -0.1) is 12.4 Å². The lowest BCUT2D eigenvalue weighted by Crippen LogP contribution is -2.37. The van der Waals surface area contributed by atoms with E-state index in [9.17, 15) is 10.2 Å².